The molecule has 0 N–H and O–H groups in total. The lowest BCUT2D eigenvalue weighted by Gasteiger charge is -2.32. The molecule has 0 aromatic heterocycles. The highest BCUT2D eigenvalue weighted by atomic mass is 35.5. The average Bonchev–Trinajstić information content (AvgIpc) is 3.04. The Morgan fingerprint density at radius 3 is 2.31 bits per heavy atom. The summed E-state index contributed by atoms with van der Waals surface area (Å²) in [6, 6.07) is 9.03. The Bertz CT molecular complexity index is 1050. The van der Waals surface area contributed by atoms with Gasteiger partial charge in [0.25, 0.3) is 0 Å². The van der Waals surface area contributed by atoms with Crippen LogP contribution in [0.1, 0.15) is 23.5 Å². The third-order valence-electron chi connectivity index (χ3n) is 4.92. The largest absolute Gasteiger partial charge is 0.456 e. The molecule has 1 atom stereocenters. The average molecular weight is 442 g/mol. The molecule has 29 heavy (non-hydrogen) atoms. The van der Waals surface area contributed by atoms with Crippen LogP contribution in [-0.2, 0) is 20.5 Å². The molecule has 0 radical (unpaired) electrons. The molecule has 0 spiro atoms. The van der Waals surface area contributed by atoms with E-state index in [0.717, 1.165) is 12.1 Å². The fourth-order valence-corrected chi connectivity index (χ4v) is 3.87. The number of carbonyl (C=O) groups is 2. The van der Waals surface area contributed by atoms with Crippen molar-refractivity contribution in [3.05, 3.63) is 74.9 Å². The summed E-state index contributed by atoms with van der Waals surface area (Å²) >= 11 is 12.0. The van der Waals surface area contributed by atoms with Gasteiger partial charge in [0.15, 0.2) is 0 Å². The number of ether oxygens (including phenoxy) is 1. The van der Waals surface area contributed by atoms with Gasteiger partial charge in [-0.3, -0.25) is 9.69 Å². The molecule has 2 aliphatic rings. The number of rotatable bonds is 2. The van der Waals surface area contributed by atoms with Gasteiger partial charge < -0.3 is 4.74 Å². The Morgan fingerprint density at radius 2 is 1.69 bits per heavy atom. The number of hydrogen-bond acceptors (Lipinski definition) is 3. The molecular weight excluding hydrogens is 430 g/mol. The standard InChI is InChI=1S/C20H12Cl2F3NO3/c21-14-6-1-10(7-15(14)22)13-8-17(27)26(16-9-29-19(28)18(13)16)12-4-2-11(3-5-12)20(23,24)25/h1-7,13H,8-9H2. The first-order chi connectivity index (χ1) is 13.7. The highest BCUT2D eigenvalue weighted by Gasteiger charge is 2.43. The predicted molar refractivity (Wildman–Crippen MR) is 101 cm³/mol. The molecule has 9 heteroatoms. The lowest BCUT2D eigenvalue weighted by Crippen LogP contribution is -2.37. The van der Waals surface area contributed by atoms with Gasteiger partial charge in [-0.1, -0.05) is 29.3 Å². The molecule has 2 aliphatic heterocycles. The molecule has 0 saturated carbocycles. The number of halogens is 5. The van der Waals surface area contributed by atoms with Crippen LogP contribution in [0.4, 0.5) is 18.9 Å². The first kappa shape index (κ1) is 19.8. The van der Waals surface area contributed by atoms with Crippen LogP contribution in [0.25, 0.3) is 0 Å². The maximum atomic E-state index is 12.9. The normalized spacial score (nSPS) is 19.5. The molecule has 4 nitrogen and oxygen atoms in total. The van der Waals surface area contributed by atoms with Crippen LogP contribution in [0.3, 0.4) is 0 Å². The zero-order valence-electron chi connectivity index (χ0n) is 14.6. The second-order valence-electron chi connectivity index (χ2n) is 6.64. The second-order valence-corrected chi connectivity index (χ2v) is 7.45. The van der Waals surface area contributed by atoms with Crippen molar-refractivity contribution in [2.24, 2.45) is 0 Å². The first-order valence-electron chi connectivity index (χ1n) is 8.52. The smallest absolute Gasteiger partial charge is 0.416 e. The van der Waals surface area contributed by atoms with Gasteiger partial charge in [0, 0.05) is 18.0 Å². The lowest BCUT2D eigenvalue weighted by molar-refractivity contribution is -0.138. The predicted octanol–water partition coefficient (Wildman–Crippen LogP) is 5.34. The zero-order valence-corrected chi connectivity index (χ0v) is 16.1. The topological polar surface area (TPSA) is 46.6 Å². The SMILES string of the molecule is O=C1OCC2=C1C(c1ccc(Cl)c(Cl)c1)CC(=O)N2c1ccc(C(F)(F)F)cc1. The minimum Gasteiger partial charge on any atom is -0.456 e. The van der Waals surface area contributed by atoms with Crippen molar-refractivity contribution in [3.63, 3.8) is 0 Å². The van der Waals surface area contributed by atoms with Crippen LogP contribution in [-0.4, -0.2) is 18.5 Å². The molecule has 2 aromatic carbocycles. The Hall–Kier alpha value is -2.51. The van der Waals surface area contributed by atoms with E-state index in [4.69, 9.17) is 27.9 Å². The van der Waals surface area contributed by atoms with E-state index in [1.54, 1.807) is 18.2 Å². The summed E-state index contributed by atoms with van der Waals surface area (Å²) in [5, 5.41) is 0.627. The number of hydrogen-bond donors (Lipinski definition) is 0. The van der Waals surface area contributed by atoms with Crippen LogP contribution in [0.5, 0.6) is 0 Å². The summed E-state index contributed by atoms with van der Waals surface area (Å²) < 4.78 is 43.6. The van der Waals surface area contributed by atoms with Crippen LogP contribution < -0.4 is 4.90 Å². The van der Waals surface area contributed by atoms with E-state index in [9.17, 15) is 22.8 Å². The summed E-state index contributed by atoms with van der Waals surface area (Å²) in [7, 11) is 0. The fourth-order valence-electron chi connectivity index (χ4n) is 3.57. The zero-order chi connectivity index (χ0) is 20.9. The number of amides is 1. The van der Waals surface area contributed by atoms with E-state index in [2.05, 4.69) is 0 Å². The summed E-state index contributed by atoms with van der Waals surface area (Å²) in [5.74, 6) is -1.51. The van der Waals surface area contributed by atoms with Gasteiger partial charge in [0.05, 0.1) is 26.9 Å². The Kier molecular flexibility index (Phi) is 4.83. The molecule has 4 rings (SSSR count). The molecule has 150 valence electrons. The number of esters is 1. The van der Waals surface area contributed by atoms with Gasteiger partial charge >= 0.3 is 12.1 Å². The third kappa shape index (κ3) is 3.49. The molecule has 0 saturated heterocycles. The quantitative estimate of drug-likeness (QED) is 0.590. The van der Waals surface area contributed by atoms with Crippen LogP contribution in [0, 0.1) is 0 Å². The maximum Gasteiger partial charge on any atom is 0.416 e. The monoisotopic (exact) mass is 441 g/mol. The van der Waals surface area contributed by atoms with Crippen molar-refractivity contribution in [2.75, 3.05) is 11.5 Å². The van der Waals surface area contributed by atoms with Crippen molar-refractivity contribution in [2.45, 2.75) is 18.5 Å². The number of benzene rings is 2. The Morgan fingerprint density at radius 1 is 1.00 bits per heavy atom. The van der Waals surface area contributed by atoms with Crippen LogP contribution >= 0.6 is 23.2 Å². The van der Waals surface area contributed by atoms with E-state index in [1.807, 2.05) is 0 Å². The number of anilines is 1. The summed E-state index contributed by atoms with van der Waals surface area (Å²) in [5.41, 5.74) is 0.657. The third-order valence-corrected chi connectivity index (χ3v) is 5.66. The second kappa shape index (κ2) is 7.07. The van der Waals surface area contributed by atoms with Gasteiger partial charge in [-0.2, -0.15) is 13.2 Å². The van der Waals surface area contributed by atoms with Crippen molar-refractivity contribution in [1.82, 2.24) is 0 Å². The summed E-state index contributed by atoms with van der Waals surface area (Å²) in [6.45, 7) is -0.140. The molecule has 2 heterocycles. The number of carbonyl (C=O) groups excluding carboxylic acids is 2. The van der Waals surface area contributed by atoms with Crippen LogP contribution in [0.15, 0.2) is 53.7 Å². The van der Waals surface area contributed by atoms with Crippen molar-refractivity contribution >= 4 is 40.8 Å². The Balaban J connectivity index is 1.77. The highest BCUT2D eigenvalue weighted by Crippen LogP contribution is 2.43. The van der Waals surface area contributed by atoms with Crippen molar-refractivity contribution in [1.29, 1.82) is 0 Å². The van der Waals surface area contributed by atoms with Gasteiger partial charge in [-0.25, -0.2) is 4.79 Å². The van der Waals surface area contributed by atoms with E-state index in [0.29, 0.717) is 21.9 Å². The van der Waals surface area contributed by atoms with E-state index < -0.39 is 23.6 Å². The molecule has 0 aliphatic carbocycles. The fraction of sp³-hybridized carbons (Fsp3) is 0.200. The molecule has 1 amide bonds. The highest BCUT2D eigenvalue weighted by molar-refractivity contribution is 6.42. The number of nitrogens with zero attached hydrogens (tertiary/aromatic N) is 1. The minimum atomic E-state index is -4.49. The van der Waals surface area contributed by atoms with Gasteiger partial charge in [0.1, 0.15) is 6.61 Å². The Labute approximate surface area is 173 Å². The molecular formula is C20H12Cl2F3NO3. The summed E-state index contributed by atoms with van der Waals surface area (Å²) in [4.78, 5) is 26.5. The van der Waals surface area contributed by atoms with Crippen molar-refractivity contribution in [3.8, 4) is 0 Å². The minimum absolute atomic E-state index is 0.0626. The number of alkyl halides is 3. The molecule has 2 aromatic rings. The maximum absolute atomic E-state index is 12.9. The first-order valence-corrected chi connectivity index (χ1v) is 9.27. The van der Waals surface area contributed by atoms with E-state index in [-0.39, 0.29) is 29.6 Å². The van der Waals surface area contributed by atoms with Crippen molar-refractivity contribution < 1.29 is 27.5 Å². The van der Waals surface area contributed by atoms with Gasteiger partial charge in [-0.15, -0.1) is 0 Å². The van der Waals surface area contributed by atoms with Gasteiger partial charge in [-0.05, 0) is 42.0 Å². The van der Waals surface area contributed by atoms with Gasteiger partial charge in [0.2, 0.25) is 5.91 Å². The number of cyclic esters (lactones) is 1. The summed E-state index contributed by atoms with van der Waals surface area (Å²) in [6.07, 6.45) is -4.55. The van der Waals surface area contributed by atoms with Crippen LogP contribution in [0.2, 0.25) is 10.0 Å². The lowest BCUT2D eigenvalue weighted by atomic mass is 9.84. The molecule has 0 fully saturated rings. The van der Waals surface area contributed by atoms with E-state index in [1.165, 1.54) is 17.0 Å². The van der Waals surface area contributed by atoms with E-state index >= 15 is 0 Å². The molecule has 1 unspecified atom stereocenters. The molecule has 0 bridgehead atoms.